The van der Waals surface area contributed by atoms with E-state index in [1.165, 1.54) is 6.92 Å². The van der Waals surface area contributed by atoms with Gasteiger partial charge in [0.1, 0.15) is 5.75 Å². The van der Waals surface area contributed by atoms with Crippen molar-refractivity contribution in [2.75, 3.05) is 18.5 Å². The van der Waals surface area contributed by atoms with Crippen LogP contribution in [0.2, 0.25) is 0 Å². The zero-order chi connectivity index (χ0) is 13.4. The fourth-order valence-electron chi connectivity index (χ4n) is 1.19. The Morgan fingerprint density at radius 3 is 2.56 bits per heavy atom. The lowest BCUT2D eigenvalue weighted by molar-refractivity contribution is -0.122. The molecule has 5 heteroatoms. The van der Waals surface area contributed by atoms with E-state index in [1.807, 2.05) is 0 Å². The predicted octanol–water partition coefficient (Wildman–Crippen LogP) is 0.773. The van der Waals surface area contributed by atoms with Crippen LogP contribution in [0.1, 0.15) is 6.92 Å². The summed E-state index contributed by atoms with van der Waals surface area (Å²) in [5.41, 5.74) is 0.673. The molecule has 0 bridgehead atoms. The molecule has 1 aromatic rings. The fraction of sp³-hybridized carbons (Fsp3) is 0.231. The van der Waals surface area contributed by atoms with E-state index in [1.54, 1.807) is 24.3 Å². The van der Waals surface area contributed by atoms with Gasteiger partial charge in [-0.05, 0) is 24.3 Å². The molecule has 18 heavy (non-hydrogen) atoms. The van der Waals surface area contributed by atoms with Gasteiger partial charge in [-0.2, -0.15) is 0 Å². The number of hydrogen-bond donors (Lipinski definition) is 2. The van der Waals surface area contributed by atoms with Crippen LogP contribution in [0, 0.1) is 12.3 Å². The standard InChI is InChI=1S/C13H14N2O3/c1-3-8-14-13(17)9-18-12-6-4-11(5-7-12)15-10(2)16/h1,4-7H,8-9H2,2H3,(H,14,17)(H,15,16). The van der Waals surface area contributed by atoms with Crippen molar-refractivity contribution < 1.29 is 14.3 Å². The second-order valence-corrected chi connectivity index (χ2v) is 3.48. The Morgan fingerprint density at radius 2 is 2.00 bits per heavy atom. The molecule has 0 aliphatic heterocycles. The van der Waals surface area contributed by atoms with Crippen molar-refractivity contribution >= 4 is 17.5 Å². The first kappa shape index (κ1) is 13.6. The number of carbonyl (C=O) groups excluding carboxylic acids is 2. The molecule has 1 rings (SSSR count). The minimum Gasteiger partial charge on any atom is -0.484 e. The van der Waals surface area contributed by atoms with Crippen molar-refractivity contribution in [2.24, 2.45) is 0 Å². The second-order valence-electron chi connectivity index (χ2n) is 3.48. The molecule has 0 aromatic heterocycles. The van der Waals surface area contributed by atoms with Crippen molar-refractivity contribution in [2.45, 2.75) is 6.92 Å². The molecule has 2 amide bonds. The van der Waals surface area contributed by atoms with E-state index in [-0.39, 0.29) is 25.0 Å². The summed E-state index contributed by atoms with van der Waals surface area (Å²) >= 11 is 0. The number of anilines is 1. The zero-order valence-electron chi connectivity index (χ0n) is 10.0. The SMILES string of the molecule is C#CCNC(=O)COc1ccc(NC(C)=O)cc1. The smallest absolute Gasteiger partial charge is 0.258 e. The van der Waals surface area contributed by atoms with Gasteiger partial charge in [-0.25, -0.2) is 0 Å². The van der Waals surface area contributed by atoms with E-state index in [2.05, 4.69) is 16.6 Å². The first-order chi connectivity index (χ1) is 8.61. The molecule has 94 valence electrons. The highest BCUT2D eigenvalue weighted by Crippen LogP contribution is 2.15. The molecule has 2 N–H and O–H groups in total. The number of nitrogens with one attached hydrogen (secondary N) is 2. The molecular weight excluding hydrogens is 232 g/mol. The molecule has 0 fully saturated rings. The number of hydrogen-bond acceptors (Lipinski definition) is 3. The van der Waals surface area contributed by atoms with Gasteiger partial charge in [0.15, 0.2) is 6.61 Å². The summed E-state index contributed by atoms with van der Waals surface area (Å²) in [6, 6.07) is 6.71. The van der Waals surface area contributed by atoms with Crippen LogP contribution in [0.4, 0.5) is 5.69 Å². The first-order valence-electron chi connectivity index (χ1n) is 5.32. The Labute approximate surface area is 106 Å². The minimum absolute atomic E-state index is 0.0961. The topological polar surface area (TPSA) is 67.4 Å². The van der Waals surface area contributed by atoms with Crippen molar-refractivity contribution in [1.29, 1.82) is 0 Å². The van der Waals surface area contributed by atoms with Gasteiger partial charge in [-0.15, -0.1) is 6.42 Å². The van der Waals surface area contributed by atoms with E-state index in [4.69, 9.17) is 11.2 Å². The highest BCUT2D eigenvalue weighted by molar-refractivity contribution is 5.88. The Balaban J connectivity index is 2.42. The largest absolute Gasteiger partial charge is 0.484 e. The van der Waals surface area contributed by atoms with Gasteiger partial charge in [0.05, 0.1) is 6.54 Å². The molecule has 0 spiro atoms. The van der Waals surface area contributed by atoms with E-state index < -0.39 is 0 Å². The minimum atomic E-state index is -0.279. The van der Waals surface area contributed by atoms with E-state index in [0.717, 1.165) is 0 Å². The first-order valence-corrected chi connectivity index (χ1v) is 5.32. The maximum absolute atomic E-state index is 11.2. The van der Waals surface area contributed by atoms with Crippen LogP contribution < -0.4 is 15.4 Å². The van der Waals surface area contributed by atoms with Crippen molar-refractivity contribution in [3.63, 3.8) is 0 Å². The molecule has 0 unspecified atom stereocenters. The van der Waals surface area contributed by atoms with Gasteiger partial charge in [-0.1, -0.05) is 5.92 Å². The Hall–Kier alpha value is -2.48. The number of carbonyl (C=O) groups is 2. The van der Waals surface area contributed by atoms with Crippen molar-refractivity contribution in [3.05, 3.63) is 24.3 Å². The van der Waals surface area contributed by atoms with Crippen molar-refractivity contribution in [3.8, 4) is 18.1 Å². The van der Waals surface area contributed by atoms with E-state index in [9.17, 15) is 9.59 Å². The summed E-state index contributed by atoms with van der Waals surface area (Å²) in [7, 11) is 0. The molecule has 0 atom stereocenters. The summed E-state index contributed by atoms with van der Waals surface area (Å²) in [5.74, 6) is 2.42. The van der Waals surface area contributed by atoms with Crippen LogP contribution >= 0.6 is 0 Å². The molecular formula is C13H14N2O3. The monoisotopic (exact) mass is 246 g/mol. The summed E-state index contributed by atoms with van der Waals surface area (Å²) in [6.45, 7) is 1.52. The van der Waals surface area contributed by atoms with Gasteiger partial charge in [0.2, 0.25) is 5.91 Å². The number of amides is 2. The number of terminal acetylenes is 1. The third-order valence-corrected chi connectivity index (χ3v) is 1.93. The molecule has 0 saturated heterocycles. The molecule has 0 aliphatic carbocycles. The highest BCUT2D eigenvalue weighted by Gasteiger charge is 2.01. The lowest BCUT2D eigenvalue weighted by Crippen LogP contribution is -2.28. The Bertz CT molecular complexity index is 460. The van der Waals surface area contributed by atoms with Crippen LogP contribution in [0.3, 0.4) is 0 Å². The van der Waals surface area contributed by atoms with Crippen molar-refractivity contribution in [1.82, 2.24) is 5.32 Å². The number of benzene rings is 1. The fourth-order valence-corrected chi connectivity index (χ4v) is 1.19. The van der Waals surface area contributed by atoms with Gasteiger partial charge in [0.25, 0.3) is 5.91 Å². The summed E-state index contributed by atoms with van der Waals surface area (Å²) in [6.07, 6.45) is 5.00. The van der Waals surface area contributed by atoms with Gasteiger partial charge in [0, 0.05) is 12.6 Å². The lowest BCUT2D eigenvalue weighted by atomic mass is 10.3. The predicted molar refractivity (Wildman–Crippen MR) is 68.1 cm³/mol. The maximum atomic E-state index is 11.2. The molecule has 0 saturated carbocycles. The van der Waals surface area contributed by atoms with Gasteiger partial charge >= 0.3 is 0 Å². The average molecular weight is 246 g/mol. The summed E-state index contributed by atoms with van der Waals surface area (Å²) in [4.78, 5) is 22.0. The van der Waals surface area contributed by atoms with E-state index in [0.29, 0.717) is 11.4 Å². The van der Waals surface area contributed by atoms with Gasteiger partial charge < -0.3 is 15.4 Å². The molecule has 5 nitrogen and oxygen atoms in total. The quantitative estimate of drug-likeness (QED) is 0.754. The van der Waals surface area contributed by atoms with Crippen LogP contribution in [0.5, 0.6) is 5.75 Å². The van der Waals surface area contributed by atoms with Crippen LogP contribution in [0.15, 0.2) is 24.3 Å². The van der Waals surface area contributed by atoms with Crippen LogP contribution in [-0.4, -0.2) is 25.0 Å². The number of rotatable bonds is 5. The summed E-state index contributed by atoms with van der Waals surface area (Å²) in [5, 5.41) is 5.11. The third kappa shape index (κ3) is 5.03. The molecule has 0 heterocycles. The number of ether oxygens (including phenoxy) is 1. The second kappa shape index (κ2) is 6.97. The molecule has 0 aliphatic rings. The average Bonchev–Trinajstić information content (AvgIpc) is 2.35. The maximum Gasteiger partial charge on any atom is 0.258 e. The van der Waals surface area contributed by atoms with Crippen LogP contribution in [0.25, 0.3) is 0 Å². The van der Waals surface area contributed by atoms with E-state index >= 15 is 0 Å². The Kier molecular flexibility index (Phi) is 5.26. The molecule has 0 radical (unpaired) electrons. The zero-order valence-corrected chi connectivity index (χ0v) is 10.0. The molecule has 1 aromatic carbocycles. The summed E-state index contributed by atoms with van der Waals surface area (Å²) < 4.78 is 5.23. The Morgan fingerprint density at radius 1 is 1.33 bits per heavy atom. The normalized spacial score (nSPS) is 9.11. The highest BCUT2D eigenvalue weighted by atomic mass is 16.5. The lowest BCUT2D eigenvalue weighted by Gasteiger charge is -2.07. The van der Waals surface area contributed by atoms with Crippen LogP contribution in [-0.2, 0) is 9.59 Å². The third-order valence-electron chi connectivity index (χ3n) is 1.93. The van der Waals surface area contributed by atoms with Gasteiger partial charge in [-0.3, -0.25) is 9.59 Å².